The first-order chi connectivity index (χ1) is 3.79. The highest BCUT2D eigenvalue weighted by molar-refractivity contribution is 4.73. The molecule has 0 aromatic carbocycles. The molecule has 1 fully saturated rings. The third kappa shape index (κ3) is 2.31. The first-order valence-corrected chi connectivity index (χ1v) is 3.47. The van der Waals surface area contributed by atoms with E-state index in [1.807, 2.05) is 6.92 Å². The maximum absolute atomic E-state index is 8.83. The molecular formula is C7H13N. The third-order valence-corrected chi connectivity index (χ3v) is 1.69. The molecule has 46 valence electrons. The van der Waals surface area contributed by atoms with E-state index in [0.29, 0.717) is 0 Å². The van der Waals surface area contributed by atoms with Gasteiger partial charge in [-0.25, -0.2) is 0 Å². The number of hydrogen-bond acceptors (Lipinski definition) is 0. The molecule has 0 saturated heterocycles. The molecular weight excluding hydrogens is 98.1 g/mol. The van der Waals surface area contributed by atoms with Crippen molar-refractivity contribution < 1.29 is 0 Å². The Morgan fingerprint density at radius 1 is 1.62 bits per heavy atom. The Kier molecular flexibility index (Phi) is 1.90. The zero-order chi connectivity index (χ0) is 5.98. The van der Waals surface area contributed by atoms with Gasteiger partial charge >= 0.3 is 0 Å². The van der Waals surface area contributed by atoms with Crippen LogP contribution < -0.4 is 5.73 Å². The Hall–Kier alpha value is -0.0400. The van der Waals surface area contributed by atoms with Gasteiger partial charge in [0.2, 0.25) is 0 Å². The Balaban J connectivity index is 1.87. The zero-order valence-electron chi connectivity index (χ0n) is 5.43. The summed E-state index contributed by atoms with van der Waals surface area (Å²) in [6.07, 6.45) is 5.07. The average Bonchev–Trinajstić information content (AvgIpc) is 2.41. The molecule has 1 heteroatoms. The minimum absolute atomic E-state index is 0.0735. The Morgan fingerprint density at radius 2 is 2.25 bits per heavy atom. The number of hydrogen-bond donors (Lipinski definition) is 0. The van der Waals surface area contributed by atoms with E-state index < -0.39 is 0 Å². The Bertz CT molecular complexity index is 62.8. The van der Waals surface area contributed by atoms with Crippen molar-refractivity contribution in [2.75, 3.05) is 0 Å². The Labute approximate surface area is 51.3 Å². The molecule has 0 aromatic heterocycles. The molecule has 0 aromatic rings. The molecule has 0 bridgehead atoms. The van der Waals surface area contributed by atoms with Crippen LogP contribution in [0.5, 0.6) is 0 Å². The molecule has 1 atom stereocenters. The summed E-state index contributed by atoms with van der Waals surface area (Å²) >= 11 is 0. The highest BCUT2D eigenvalue weighted by atomic mass is 14.6. The highest BCUT2D eigenvalue weighted by Gasteiger charge is 2.20. The minimum Gasteiger partial charge on any atom is -0.141 e. The minimum atomic E-state index is -0.0735. The van der Waals surface area contributed by atoms with Crippen LogP contribution in [0.4, 0.5) is 0 Å². The molecule has 1 aliphatic rings. The summed E-state index contributed by atoms with van der Waals surface area (Å²) in [6.45, 7) is 1.86. The fraction of sp³-hybridized carbons (Fsp3) is 1.00. The van der Waals surface area contributed by atoms with Crippen LogP contribution >= 0.6 is 0 Å². The predicted octanol–water partition coefficient (Wildman–Crippen LogP) is 1.63. The lowest BCUT2D eigenvalue weighted by Crippen LogP contribution is -2.01. The van der Waals surface area contributed by atoms with Crippen molar-refractivity contribution in [2.24, 2.45) is 5.92 Å². The van der Waals surface area contributed by atoms with Gasteiger partial charge in [-0.05, 0) is 25.7 Å². The van der Waals surface area contributed by atoms with Crippen molar-refractivity contribution in [2.45, 2.75) is 38.6 Å². The monoisotopic (exact) mass is 111 g/mol. The second-order valence-electron chi connectivity index (χ2n) is 2.87. The van der Waals surface area contributed by atoms with Gasteiger partial charge in [0.25, 0.3) is 0 Å². The molecule has 1 saturated carbocycles. The largest absolute Gasteiger partial charge is 0.141 e. The molecule has 0 N–H and O–H groups in total. The van der Waals surface area contributed by atoms with Gasteiger partial charge in [0.05, 0.1) is 0 Å². The van der Waals surface area contributed by atoms with Gasteiger partial charge in [0.15, 0.2) is 0 Å². The van der Waals surface area contributed by atoms with Crippen LogP contribution in [-0.4, -0.2) is 6.04 Å². The van der Waals surface area contributed by atoms with Crippen LogP contribution in [0.2, 0.25) is 0 Å². The van der Waals surface area contributed by atoms with Crippen molar-refractivity contribution in [3.8, 4) is 0 Å². The van der Waals surface area contributed by atoms with Crippen LogP contribution in [0.25, 0.3) is 0 Å². The van der Waals surface area contributed by atoms with Crippen LogP contribution in [0, 0.1) is 5.92 Å². The van der Waals surface area contributed by atoms with Gasteiger partial charge in [-0.3, -0.25) is 0 Å². The van der Waals surface area contributed by atoms with E-state index in [-0.39, 0.29) is 6.04 Å². The zero-order valence-corrected chi connectivity index (χ0v) is 5.43. The summed E-state index contributed by atoms with van der Waals surface area (Å²) in [4.78, 5) is 0. The van der Waals surface area contributed by atoms with Gasteiger partial charge in [0.1, 0.15) is 0 Å². The fourth-order valence-corrected chi connectivity index (χ4v) is 0.883. The van der Waals surface area contributed by atoms with Crippen molar-refractivity contribution in [1.29, 1.82) is 0 Å². The van der Waals surface area contributed by atoms with E-state index in [0.717, 1.165) is 12.3 Å². The molecule has 0 aliphatic heterocycles. The standard InChI is InChI=1S/C7H13N/c1-6(8)2-3-7-4-5-7/h6-7H,2-5H2,1H3. The van der Waals surface area contributed by atoms with E-state index >= 15 is 0 Å². The fourth-order valence-electron chi connectivity index (χ4n) is 0.883. The van der Waals surface area contributed by atoms with Gasteiger partial charge < -0.3 is 0 Å². The van der Waals surface area contributed by atoms with E-state index in [9.17, 15) is 0 Å². The summed E-state index contributed by atoms with van der Waals surface area (Å²) in [5.41, 5.74) is 8.83. The van der Waals surface area contributed by atoms with E-state index in [4.69, 9.17) is 5.73 Å². The van der Waals surface area contributed by atoms with Crippen LogP contribution in [-0.2, 0) is 0 Å². The molecule has 0 spiro atoms. The summed E-state index contributed by atoms with van der Waals surface area (Å²) in [7, 11) is 0. The topological polar surface area (TPSA) is 22.3 Å². The van der Waals surface area contributed by atoms with E-state index in [1.54, 1.807) is 0 Å². The molecule has 1 unspecified atom stereocenters. The molecule has 0 amide bonds. The van der Waals surface area contributed by atoms with E-state index in [2.05, 4.69) is 0 Å². The average molecular weight is 111 g/mol. The Morgan fingerprint density at radius 3 is 2.62 bits per heavy atom. The molecule has 2 radical (unpaired) electrons. The summed E-state index contributed by atoms with van der Waals surface area (Å²) in [5, 5.41) is 0. The lowest BCUT2D eigenvalue weighted by molar-refractivity contribution is 0.575. The van der Waals surface area contributed by atoms with Gasteiger partial charge in [-0.2, -0.15) is 0 Å². The quantitative estimate of drug-likeness (QED) is 0.528. The van der Waals surface area contributed by atoms with E-state index in [1.165, 1.54) is 19.3 Å². The van der Waals surface area contributed by atoms with Crippen molar-refractivity contribution in [3.63, 3.8) is 0 Å². The maximum Gasteiger partial charge on any atom is 0.0405 e. The highest BCUT2D eigenvalue weighted by Crippen LogP contribution is 2.33. The lowest BCUT2D eigenvalue weighted by Gasteiger charge is -1.97. The first-order valence-electron chi connectivity index (χ1n) is 3.47. The van der Waals surface area contributed by atoms with Gasteiger partial charge in [0, 0.05) is 6.04 Å². The smallest absolute Gasteiger partial charge is 0.0405 e. The summed E-state index contributed by atoms with van der Waals surface area (Å²) in [6, 6.07) is -0.0735. The molecule has 1 nitrogen and oxygen atoms in total. The lowest BCUT2D eigenvalue weighted by atomic mass is 10.1. The van der Waals surface area contributed by atoms with Gasteiger partial charge in [-0.1, -0.05) is 12.8 Å². The predicted molar refractivity (Wildman–Crippen MR) is 33.6 cm³/mol. The summed E-state index contributed by atoms with van der Waals surface area (Å²) in [5.74, 6) is 0.976. The molecule has 8 heavy (non-hydrogen) atoms. The van der Waals surface area contributed by atoms with Crippen LogP contribution in [0.1, 0.15) is 32.6 Å². The summed E-state index contributed by atoms with van der Waals surface area (Å²) < 4.78 is 0. The maximum atomic E-state index is 8.83. The van der Waals surface area contributed by atoms with Crippen molar-refractivity contribution in [3.05, 3.63) is 0 Å². The molecule has 1 rings (SSSR count). The third-order valence-electron chi connectivity index (χ3n) is 1.69. The SMILES string of the molecule is CC([N])CCC1CC1. The van der Waals surface area contributed by atoms with Gasteiger partial charge in [-0.15, -0.1) is 5.73 Å². The molecule has 1 aliphatic carbocycles. The normalized spacial score (nSPS) is 23.2. The second-order valence-corrected chi connectivity index (χ2v) is 2.87. The van der Waals surface area contributed by atoms with Crippen molar-refractivity contribution in [1.82, 2.24) is 5.73 Å². The number of nitrogens with zero attached hydrogens (tertiary/aromatic N) is 1. The van der Waals surface area contributed by atoms with Crippen molar-refractivity contribution >= 4 is 0 Å². The second kappa shape index (κ2) is 2.49. The molecule has 0 heterocycles. The van der Waals surface area contributed by atoms with Crippen LogP contribution in [0.15, 0.2) is 0 Å². The van der Waals surface area contributed by atoms with Crippen LogP contribution in [0.3, 0.4) is 0 Å². The first kappa shape index (κ1) is 6.09. The number of rotatable bonds is 3.